The third-order valence-electron chi connectivity index (χ3n) is 7.39. The number of fused-ring (bicyclic) bond motifs is 1. The van der Waals surface area contributed by atoms with Crippen LogP contribution in [0.2, 0.25) is 0 Å². The summed E-state index contributed by atoms with van der Waals surface area (Å²) in [6.07, 6.45) is -3.48. The average Bonchev–Trinajstić information content (AvgIpc) is 3.16. The number of halogens is 3. The van der Waals surface area contributed by atoms with E-state index in [1.165, 1.54) is 0 Å². The minimum Gasteiger partial charge on any atom is -0.492 e. The molecule has 1 amide bonds. The van der Waals surface area contributed by atoms with E-state index in [2.05, 4.69) is 30.8 Å². The molecular formula is C29H33F3N6O2. The highest BCUT2D eigenvalue weighted by Gasteiger charge is 2.40. The molecule has 0 saturated carbocycles. The van der Waals surface area contributed by atoms with E-state index in [0.717, 1.165) is 49.2 Å². The topological polar surface area (TPSA) is 91.4 Å². The lowest BCUT2D eigenvalue weighted by Gasteiger charge is -2.30. The van der Waals surface area contributed by atoms with E-state index in [1.54, 1.807) is 6.07 Å². The summed E-state index contributed by atoms with van der Waals surface area (Å²) in [4.78, 5) is 23.0. The highest BCUT2D eigenvalue weighted by atomic mass is 19.4. The SMILES string of the molecule is CCOc1cc(N2CCNCC2)ccc1Nc1ncc(C(F)(F)F)c(CCc2cccc3c2C(C)(C)C(=O)N3)n1. The van der Waals surface area contributed by atoms with Gasteiger partial charge in [0.05, 0.1) is 29.0 Å². The number of rotatable bonds is 8. The smallest absolute Gasteiger partial charge is 0.419 e. The molecule has 1 fully saturated rings. The molecule has 2 aliphatic rings. The average molecular weight is 555 g/mol. The lowest BCUT2D eigenvalue weighted by molar-refractivity contribution is -0.138. The van der Waals surface area contributed by atoms with E-state index in [-0.39, 0.29) is 30.4 Å². The zero-order valence-electron chi connectivity index (χ0n) is 22.8. The number of benzene rings is 2. The van der Waals surface area contributed by atoms with Crippen molar-refractivity contribution < 1.29 is 22.7 Å². The van der Waals surface area contributed by atoms with E-state index >= 15 is 0 Å². The Bertz CT molecular complexity index is 1400. The molecule has 0 bridgehead atoms. The second kappa shape index (κ2) is 11.0. The van der Waals surface area contributed by atoms with Gasteiger partial charge in [-0.2, -0.15) is 13.2 Å². The Hall–Kier alpha value is -3.86. The van der Waals surface area contributed by atoms with Crippen molar-refractivity contribution >= 4 is 28.9 Å². The van der Waals surface area contributed by atoms with Crippen molar-refractivity contribution in [1.29, 1.82) is 0 Å². The number of amides is 1. The van der Waals surface area contributed by atoms with Crippen LogP contribution >= 0.6 is 0 Å². The monoisotopic (exact) mass is 554 g/mol. The highest BCUT2D eigenvalue weighted by Crippen LogP contribution is 2.40. The summed E-state index contributed by atoms with van der Waals surface area (Å²) in [5, 5.41) is 9.26. The van der Waals surface area contributed by atoms with Gasteiger partial charge in [-0.05, 0) is 62.9 Å². The van der Waals surface area contributed by atoms with Gasteiger partial charge in [0.25, 0.3) is 0 Å². The van der Waals surface area contributed by atoms with Gasteiger partial charge in [-0.15, -0.1) is 0 Å². The van der Waals surface area contributed by atoms with E-state index < -0.39 is 17.2 Å². The van der Waals surface area contributed by atoms with Gasteiger partial charge in [-0.1, -0.05) is 12.1 Å². The minimum absolute atomic E-state index is 0.0209. The van der Waals surface area contributed by atoms with Gasteiger partial charge in [-0.25, -0.2) is 9.97 Å². The number of aryl methyl sites for hydroxylation is 2. The lowest BCUT2D eigenvalue weighted by atomic mass is 9.82. The third kappa shape index (κ3) is 5.56. The standard InChI is InChI=1S/C29H33F3N6O2/c1-4-40-24-16-19(38-14-12-33-13-15-38)9-11-22(24)37-27-34-17-20(29(30,31)32)21(36-27)10-8-18-6-5-7-23-25(18)28(2,3)26(39)35-23/h5-7,9,11,16-17,33H,4,8,10,12-15H2,1-3H3,(H,35,39)(H,34,36,37). The fourth-order valence-electron chi connectivity index (χ4n) is 5.33. The molecule has 5 rings (SSSR count). The van der Waals surface area contributed by atoms with E-state index in [4.69, 9.17) is 4.74 Å². The fourth-order valence-corrected chi connectivity index (χ4v) is 5.33. The van der Waals surface area contributed by atoms with Crippen molar-refractivity contribution in [3.63, 3.8) is 0 Å². The van der Waals surface area contributed by atoms with E-state index in [1.807, 2.05) is 51.1 Å². The number of ether oxygens (including phenoxy) is 1. The minimum atomic E-state index is -4.61. The van der Waals surface area contributed by atoms with Crippen LogP contribution in [0.5, 0.6) is 5.75 Å². The molecule has 1 aromatic heterocycles. The molecule has 0 unspecified atom stereocenters. The number of nitrogens with one attached hydrogen (secondary N) is 3. The summed E-state index contributed by atoms with van der Waals surface area (Å²) < 4.78 is 47.6. The summed E-state index contributed by atoms with van der Waals surface area (Å²) in [5.41, 5.74) is 2.13. The van der Waals surface area contributed by atoms with Crippen LogP contribution in [0.25, 0.3) is 0 Å². The first-order chi connectivity index (χ1) is 19.1. The summed E-state index contributed by atoms with van der Waals surface area (Å²) in [6, 6.07) is 11.2. The quantitative estimate of drug-likeness (QED) is 0.359. The van der Waals surface area contributed by atoms with Crippen molar-refractivity contribution in [2.75, 3.05) is 48.3 Å². The van der Waals surface area contributed by atoms with Crippen LogP contribution in [-0.4, -0.2) is 48.7 Å². The van der Waals surface area contributed by atoms with Gasteiger partial charge in [0.2, 0.25) is 11.9 Å². The van der Waals surface area contributed by atoms with Crippen LogP contribution in [0.4, 0.5) is 36.2 Å². The lowest BCUT2D eigenvalue weighted by Crippen LogP contribution is -2.43. The van der Waals surface area contributed by atoms with E-state index in [9.17, 15) is 18.0 Å². The Balaban J connectivity index is 1.42. The summed E-state index contributed by atoms with van der Waals surface area (Å²) in [7, 11) is 0. The third-order valence-corrected chi connectivity index (χ3v) is 7.39. The Morgan fingerprint density at radius 3 is 2.62 bits per heavy atom. The Morgan fingerprint density at radius 2 is 1.90 bits per heavy atom. The van der Waals surface area contributed by atoms with Crippen LogP contribution in [-0.2, 0) is 29.2 Å². The molecule has 212 valence electrons. The van der Waals surface area contributed by atoms with E-state index in [0.29, 0.717) is 23.7 Å². The maximum absolute atomic E-state index is 13.9. The number of carbonyl (C=O) groups is 1. The summed E-state index contributed by atoms with van der Waals surface area (Å²) in [6.45, 7) is 9.45. The molecule has 0 radical (unpaired) electrons. The number of carbonyl (C=O) groups excluding carboxylic acids is 1. The number of hydrogen-bond acceptors (Lipinski definition) is 7. The molecule has 1 saturated heterocycles. The molecule has 3 heterocycles. The van der Waals surface area contributed by atoms with Crippen molar-refractivity contribution in [3.05, 3.63) is 65.0 Å². The Labute approximate surface area is 231 Å². The van der Waals surface area contributed by atoms with Crippen molar-refractivity contribution in [3.8, 4) is 5.75 Å². The van der Waals surface area contributed by atoms with Crippen LogP contribution < -0.4 is 25.6 Å². The zero-order valence-corrected chi connectivity index (χ0v) is 22.8. The number of aromatic nitrogens is 2. The number of piperazine rings is 1. The molecule has 3 aromatic rings. The second-order valence-electron chi connectivity index (χ2n) is 10.4. The first kappa shape index (κ1) is 27.7. The Kier molecular flexibility index (Phi) is 7.59. The maximum atomic E-state index is 13.9. The van der Waals surface area contributed by atoms with Gasteiger partial charge < -0.3 is 25.6 Å². The molecular weight excluding hydrogens is 521 g/mol. The van der Waals surface area contributed by atoms with Gasteiger partial charge >= 0.3 is 6.18 Å². The van der Waals surface area contributed by atoms with Gasteiger partial charge in [-0.3, -0.25) is 4.79 Å². The molecule has 2 aliphatic heterocycles. The van der Waals surface area contributed by atoms with Crippen LogP contribution in [0.15, 0.2) is 42.6 Å². The van der Waals surface area contributed by atoms with Crippen LogP contribution in [0.1, 0.15) is 43.2 Å². The molecule has 2 aromatic carbocycles. The van der Waals surface area contributed by atoms with Crippen molar-refractivity contribution in [2.24, 2.45) is 0 Å². The number of nitrogens with zero attached hydrogens (tertiary/aromatic N) is 3. The van der Waals surface area contributed by atoms with Crippen LogP contribution in [0, 0.1) is 0 Å². The number of anilines is 4. The molecule has 8 nitrogen and oxygen atoms in total. The normalized spacial score (nSPS) is 16.4. The summed E-state index contributed by atoms with van der Waals surface area (Å²) >= 11 is 0. The van der Waals surface area contributed by atoms with Gasteiger partial charge in [0.15, 0.2) is 0 Å². The highest BCUT2D eigenvalue weighted by molar-refractivity contribution is 6.06. The predicted octanol–water partition coefficient (Wildman–Crippen LogP) is 5.06. The number of alkyl halides is 3. The maximum Gasteiger partial charge on any atom is 0.419 e. The molecule has 3 N–H and O–H groups in total. The first-order valence-electron chi connectivity index (χ1n) is 13.4. The molecule has 0 spiro atoms. The van der Waals surface area contributed by atoms with Crippen LogP contribution in [0.3, 0.4) is 0 Å². The zero-order chi connectivity index (χ0) is 28.5. The second-order valence-corrected chi connectivity index (χ2v) is 10.4. The largest absolute Gasteiger partial charge is 0.492 e. The van der Waals surface area contributed by atoms with Crippen molar-refractivity contribution in [1.82, 2.24) is 15.3 Å². The predicted molar refractivity (Wildman–Crippen MR) is 149 cm³/mol. The van der Waals surface area contributed by atoms with Gasteiger partial charge in [0, 0.05) is 49.8 Å². The first-order valence-corrected chi connectivity index (χ1v) is 13.4. The fraction of sp³-hybridized carbons (Fsp3) is 0.414. The van der Waals surface area contributed by atoms with Gasteiger partial charge in [0.1, 0.15) is 5.75 Å². The Morgan fingerprint density at radius 1 is 1.12 bits per heavy atom. The van der Waals surface area contributed by atoms with Crippen molar-refractivity contribution in [2.45, 2.75) is 45.2 Å². The molecule has 0 aliphatic carbocycles. The molecule has 11 heteroatoms. The summed E-state index contributed by atoms with van der Waals surface area (Å²) in [5.74, 6) is 0.490. The number of hydrogen-bond donors (Lipinski definition) is 3. The molecule has 0 atom stereocenters. The molecule has 40 heavy (non-hydrogen) atoms.